The molecule has 4 heterocycles. The molecule has 2 fully saturated rings. The maximum atomic E-state index is 11.6. The Hall–Kier alpha value is -6.86. The van der Waals surface area contributed by atoms with E-state index in [4.69, 9.17) is 13.9 Å². The molecule has 2 N–H and O–H groups in total. The third-order valence-electron chi connectivity index (χ3n) is 14.3. The van der Waals surface area contributed by atoms with Gasteiger partial charge in [-0.2, -0.15) is 0 Å². The van der Waals surface area contributed by atoms with Crippen LogP contribution >= 0.6 is 0 Å². The van der Waals surface area contributed by atoms with Crippen molar-refractivity contribution in [2.45, 2.75) is 70.6 Å². The van der Waals surface area contributed by atoms with Gasteiger partial charge in [0.2, 0.25) is 0 Å². The largest absolute Gasteiger partial charge is 0.507 e. The van der Waals surface area contributed by atoms with Crippen LogP contribution in [0.2, 0.25) is 0 Å². The number of rotatable bonds is 8. The predicted molar refractivity (Wildman–Crippen MR) is 265 cm³/mol. The summed E-state index contributed by atoms with van der Waals surface area (Å²) in [6, 6.07) is 49.9. The Labute approximate surface area is 379 Å². The number of hydrogen-bond acceptors (Lipinski definition) is 5. The fraction of sp³-hybridized carbons (Fsp3) is 0.220. The van der Waals surface area contributed by atoms with Gasteiger partial charge in [-0.25, -0.2) is 0 Å². The number of hydrogen-bond donors (Lipinski definition) is 2. The predicted octanol–water partition coefficient (Wildman–Crippen LogP) is 15.0. The number of ether oxygens (including phenoxy) is 2. The standard InChI is InChI=1S/C59H52N2O4/c1-36-16-17-38(31-47(36)48-34-42(21-24-54(48)62)61-52-13-7-5-11-45(52)46-23-19-41(33-53(46)61)56-15-9-29-64-56)39-20-25-57-49(32-39)50-35-59(3,27-26-58(50)65-57)60-51-12-6-4-10-44(51)43-22-18-40(30-37(43)2)55-14-8-28-63-55/h4-7,10-13,16-27,30-34,55-56,60,62H,8-9,14-15,28-29,35H2,1-3H3. The van der Waals surface area contributed by atoms with Crippen LogP contribution in [0, 0.1) is 13.8 Å². The summed E-state index contributed by atoms with van der Waals surface area (Å²) in [6.07, 6.45) is 9.79. The van der Waals surface area contributed by atoms with Gasteiger partial charge in [0.25, 0.3) is 0 Å². The van der Waals surface area contributed by atoms with Gasteiger partial charge in [-0.05, 0) is 152 Å². The maximum Gasteiger partial charge on any atom is 0.135 e. The van der Waals surface area contributed by atoms with Crippen LogP contribution in [-0.4, -0.2) is 28.4 Å². The molecule has 0 radical (unpaired) electrons. The number of nitrogens with one attached hydrogen (secondary N) is 1. The van der Waals surface area contributed by atoms with Crippen molar-refractivity contribution in [3.05, 3.63) is 179 Å². The van der Waals surface area contributed by atoms with Gasteiger partial charge in [-0.15, -0.1) is 0 Å². The minimum atomic E-state index is -0.358. The van der Waals surface area contributed by atoms with Crippen molar-refractivity contribution >= 4 is 44.5 Å². The van der Waals surface area contributed by atoms with Crippen LogP contribution < -0.4 is 5.32 Å². The fourth-order valence-corrected chi connectivity index (χ4v) is 10.9. The minimum Gasteiger partial charge on any atom is -0.507 e. The summed E-state index contributed by atoms with van der Waals surface area (Å²) < 4.78 is 21.0. The zero-order valence-electron chi connectivity index (χ0n) is 37.2. The van der Waals surface area contributed by atoms with Gasteiger partial charge >= 0.3 is 0 Å². The van der Waals surface area contributed by atoms with Crippen LogP contribution in [0.3, 0.4) is 0 Å². The van der Waals surface area contributed by atoms with Gasteiger partial charge in [0.1, 0.15) is 17.1 Å². The first-order valence-electron chi connectivity index (χ1n) is 23.2. The molecular weight excluding hydrogens is 801 g/mol. The average Bonchev–Trinajstić information content (AvgIpc) is 4.17. The third kappa shape index (κ3) is 6.95. The lowest BCUT2D eigenvalue weighted by atomic mass is 9.85. The van der Waals surface area contributed by atoms with Gasteiger partial charge in [0, 0.05) is 63.9 Å². The highest BCUT2D eigenvalue weighted by atomic mass is 16.5. The lowest BCUT2D eigenvalue weighted by Gasteiger charge is -2.32. The van der Waals surface area contributed by atoms with Crippen molar-refractivity contribution in [2.24, 2.45) is 0 Å². The van der Waals surface area contributed by atoms with Crippen molar-refractivity contribution in [3.8, 4) is 44.8 Å². The molecule has 0 bridgehead atoms. The molecule has 0 saturated carbocycles. The van der Waals surface area contributed by atoms with E-state index in [9.17, 15) is 5.11 Å². The molecule has 6 heteroatoms. The Morgan fingerprint density at radius 1 is 0.615 bits per heavy atom. The van der Waals surface area contributed by atoms with E-state index in [1.54, 1.807) is 0 Å². The number of phenols is 1. The van der Waals surface area contributed by atoms with Gasteiger partial charge in [-0.1, -0.05) is 91.0 Å². The van der Waals surface area contributed by atoms with Crippen LogP contribution in [0.25, 0.3) is 77.9 Å². The fourth-order valence-electron chi connectivity index (χ4n) is 10.9. The van der Waals surface area contributed by atoms with E-state index in [0.29, 0.717) is 0 Å². The van der Waals surface area contributed by atoms with E-state index >= 15 is 0 Å². The van der Waals surface area contributed by atoms with Crippen molar-refractivity contribution in [1.82, 2.24) is 4.57 Å². The Bertz CT molecular complexity index is 3360. The molecule has 65 heavy (non-hydrogen) atoms. The molecule has 2 saturated heterocycles. The number of aryl methyl sites for hydroxylation is 2. The van der Waals surface area contributed by atoms with Crippen LogP contribution in [0.15, 0.2) is 150 Å². The molecule has 3 aliphatic rings. The molecule has 322 valence electrons. The summed E-state index contributed by atoms with van der Waals surface area (Å²) in [5, 5.41) is 19.1. The normalized spacial score (nSPS) is 19.4. The number of aromatic nitrogens is 1. The third-order valence-corrected chi connectivity index (χ3v) is 14.3. The Balaban J connectivity index is 0.872. The summed E-state index contributed by atoms with van der Waals surface area (Å²) in [5.41, 5.74) is 17.3. The van der Waals surface area contributed by atoms with E-state index in [-0.39, 0.29) is 23.5 Å². The van der Waals surface area contributed by atoms with Crippen molar-refractivity contribution in [2.75, 3.05) is 18.5 Å². The number of aromatic hydroxyl groups is 1. The number of furan rings is 1. The van der Waals surface area contributed by atoms with Gasteiger partial charge < -0.3 is 28.9 Å². The molecule has 3 atom stereocenters. The first-order chi connectivity index (χ1) is 31.8. The second-order valence-electron chi connectivity index (χ2n) is 18.7. The SMILES string of the molecule is Cc1ccc(-c2ccc3oc4c(c3c2)CC(C)(Nc2ccccc2-c2ccc(C3CCCO3)cc2C)C=C4)cc1-c1cc(-n2c3ccccc3c3ccc(C4CCCO4)cc32)ccc1O. The lowest BCUT2D eigenvalue weighted by molar-refractivity contribution is 0.112. The summed E-state index contributed by atoms with van der Waals surface area (Å²) in [7, 11) is 0. The molecule has 6 nitrogen and oxygen atoms in total. The molecule has 7 aromatic carbocycles. The molecular formula is C59H52N2O4. The number of nitrogens with zero attached hydrogens (tertiary/aromatic N) is 1. The molecule has 2 aromatic heterocycles. The highest BCUT2D eigenvalue weighted by Gasteiger charge is 2.31. The van der Waals surface area contributed by atoms with Crippen LogP contribution in [0.1, 0.15) is 78.4 Å². The smallest absolute Gasteiger partial charge is 0.135 e. The number of fused-ring (bicyclic) bond motifs is 6. The van der Waals surface area contributed by atoms with E-state index in [1.807, 2.05) is 12.1 Å². The van der Waals surface area contributed by atoms with E-state index in [2.05, 4.69) is 170 Å². The van der Waals surface area contributed by atoms with Crippen molar-refractivity contribution in [3.63, 3.8) is 0 Å². The molecule has 0 amide bonds. The number of anilines is 1. The van der Waals surface area contributed by atoms with E-state index in [0.717, 1.165) is 112 Å². The van der Waals surface area contributed by atoms with Gasteiger partial charge in [0.15, 0.2) is 0 Å². The topological polar surface area (TPSA) is 68.8 Å². The zero-order chi connectivity index (χ0) is 43.8. The molecule has 9 aromatic rings. The van der Waals surface area contributed by atoms with E-state index < -0.39 is 0 Å². The lowest BCUT2D eigenvalue weighted by Crippen LogP contribution is -2.36. The average molecular weight is 853 g/mol. The Kier molecular flexibility index (Phi) is 9.58. The van der Waals surface area contributed by atoms with Gasteiger partial charge in [0.05, 0.1) is 28.8 Å². The van der Waals surface area contributed by atoms with Crippen molar-refractivity contribution in [1.29, 1.82) is 0 Å². The van der Waals surface area contributed by atoms with Crippen molar-refractivity contribution < 1.29 is 19.0 Å². The van der Waals surface area contributed by atoms with E-state index in [1.165, 1.54) is 44.2 Å². The molecule has 0 spiro atoms. The minimum absolute atomic E-state index is 0.120. The quantitative estimate of drug-likeness (QED) is 0.159. The molecule has 1 aliphatic carbocycles. The first-order valence-corrected chi connectivity index (χ1v) is 23.2. The maximum absolute atomic E-state index is 11.6. The second kappa shape index (κ2) is 15.7. The number of para-hydroxylation sites is 2. The molecule has 2 aliphatic heterocycles. The van der Waals surface area contributed by atoms with Crippen LogP contribution in [0.4, 0.5) is 5.69 Å². The zero-order valence-corrected chi connectivity index (χ0v) is 37.2. The monoisotopic (exact) mass is 852 g/mol. The Morgan fingerprint density at radius 3 is 2.17 bits per heavy atom. The second-order valence-corrected chi connectivity index (χ2v) is 18.7. The highest BCUT2D eigenvalue weighted by molar-refractivity contribution is 6.09. The number of benzene rings is 7. The summed E-state index contributed by atoms with van der Waals surface area (Å²) in [5.74, 6) is 1.16. The Morgan fingerprint density at radius 2 is 1.35 bits per heavy atom. The molecule has 12 rings (SSSR count). The van der Waals surface area contributed by atoms with Crippen LogP contribution in [0.5, 0.6) is 5.75 Å². The summed E-state index contributed by atoms with van der Waals surface area (Å²) in [6.45, 7) is 8.25. The highest BCUT2D eigenvalue weighted by Crippen LogP contribution is 2.43. The first kappa shape index (κ1) is 39.7. The van der Waals surface area contributed by atoms with Crippen LogP contribution in [-0.2, 0) is 15.9 Å². The summed E-state index contributed by atoms with van der Waals surface area (Å²) in [4.78, 5) is 0. The summed E-state index contributed by atoms with van der Waals surface area (Å²) >= 11 is 0. The number of phenolic OH excluding ortho intramolecular Hbond substituents is 1. The van der Waals surface area contributed by atoms with Gasteiger partial charge in [-0.3, -0.25) is 0 Å². The molecule has 3 unspecified atom stereocenters.